The summed E-state index contributed by atoms with van der Waals surface area (Å²) in [6, 6.07) is 10.7. The van der Waals surface area contributed by atoms with Gasteiger partial charge in [0.15, 0.2) is 11.5 Å². The van der Waals surface area contributed by atoms with Crippen LogP contribution in [0.5, 0.6) is 17.2 Å². The quantitative estimate of drug-likeness (QED) is 0.208. The number of Topliss-reactive ketones (excluding diaryl/α,β-unsaturated/α-hetero) is 1. The molecule has 11 heteroatoms. The fourth-order valence-corrected chi connectivity index (χ4v) is 5.19. The molecule has 2 aromatic carbocycles. The lowest BCUT2D eigenvalue weighted by atomic mass is 9.99. The van der Waals surface area contributed by atoms with Gasteiger partial charge in [-0.3, -0.25) is 14.5 Å². The highest BCUT2D eigenvalue weighted by atomic mass is 35.5. The van der Waals surface area contributed by atoms with Crippen molar-refractivity contribution in [3.63, 3.8) is 0 Å². The van der Waals surface area contributed by atoms with E-state index in [0.29, 0.717) is 33.2 Å². The highest BCUT2D eigenvalue weighted by molar-refractivity contribution is 7.10. The highest BCUT2D eigenvalue weighted by Crippen LogP contribution is 2.44. The number of imidazole rings is 1. The topological polar surface area (TPSA) is 114 Å². The molecule has 0 aliphatic carbocycles. The number of carbonyl (C=O) groups is 2. The third-order valence-electron chi connectivity index (χ3n) is 5.89. The number of anilines is 1. The molecule has 1 aliphatic heterocycles. The fourth-order valence-electron chi connectivity index (χ4n) is 4.16. The molecule has 3 heterocycles. The van der Waals surface area contributed by atoms with Crippen LogP contribution in [0.15, 0.2) is 53.4 Å². The summed E-state index contributed by atoms with van der Waals surface area (Å²) in [6.45, 7) is 0. The van der Waals surface area contributed by atoms with Crippen LogP contribution in [0.4, 0.5) is 5.95 Å². The van der Waals surface area contributed by atoms with E-state index < -0.39 is 23.5 Å². The van der Waals surface area contributed by atoms with E-state index in [0.717, 1.165) is 0 Å². The minimum absolute atomic E-state index is 0.103. The van der Waals surface area contributed by atoms with Gasteiger partial charge in [-0.1, -0.05) is 17.7 Å². The summed E-state index contributed by atoms with van der Waals surface area (Å²) in [5.74, 6) is -0.595. The average molecular weight is 526 g/mol. The number of aromatic amines is 1. The number of carbonyl (C=O) groups excluding carboxylic acids is 2. The molecule has 1 amide bonds. The first-order valence-corrected chi connectivity index (χ1v) is 11.9. The Labute approximate surface area is 214 Å². The molecule has 2 aromatic heterocycles. The monoisotopic (exact) mass is 525 g/mol. The first-order chi connectivity index (χ1) is 17.4. The third kappa shape index (κ3) is 3.75. The van der Waals surface area contributed by atoms with E-state index in [-0.39, 0.29) is 22.1 Å². The second-order valence-electron chi connectivity index (χ2n) is 7.82. The minimum atomic E-state index is -0.934. The van der Waals surface area contributed by atoms with E-state index in [2.05, 4.69) is 9.97 Å². The van der Waals surface area contributed by atoms with Crippen LogP contribution in [0.1, 0.15) is 16.5 Å². The van der Waals surface area contributed by atoms with Gasteiger partial charge in [0, 0.05) is 22.6 Å². The van der Waals surface area contributed by atoms with Gasteiger partial charge in [0.1, 0.15) is 17.6 Å². The van der Waals surface area contributed by atoms with Crippen molar-refractivity contribution in [1.29, 1.82) is 0 Å². The van der Waals surface area contributed by atoms with Crippen molar-refractivity contribution in [3.8, 4) is 17.2 Å². The number of nitrogens with zero attached hydrogens (tertiary/aromatic N) is 2. The van der Waals surface area contributed by atoms with Gasteiger partial charge in [-0.25, -0.2) is 4.98 Å². The molecule has 2 N–H and O–H groups in total. The molecule has 0 radical (unpaired) electrons. The Morgan fingerprint density at radius 3 is 2.50 bits per heavy atom. The average Bonchev–Trinajstić information content (AvgIpc) is 3.61. The number of amides is 1. The minimum Gasteiger partial charge on any atom is -0.507 e. The van der Waals surface area contributed by atoms with Crippen LogP contribution in [0.2, 0.25) is 5.02 Å². The van der Waals surface area contributed by atoms with Gasteiger partial charge in [-0.05, 0) is 29.6 Å². The first kappa shape index (κ1) is 23.7. The predicted octanol–water partition coefficient (Wildman–Crippen LogP) is 4.93. The van der Waals surface area contributed by atoms with Crippen molar-refractivity contribution in [1.82, 2.24) is 9.97 Å². The van der Waals surface area contributed by atoms with Gasteiger partial charge in [-0.2, -0.15) is 0 Å². The number of hydrogen-bond donors (Lipinski definition) is 2. The number of aromatic nitrogens is 2. The predicted molar refractivity (Wildman–Crippen MR) is 136 cm³/mol. The highest BCUT2D eigenvalue weighted by Gasteiger charge is 2.48. The number of halogens is 1. The van der Waals surface area contributed by atoms with E-state index in [1.807, 2.05) is 5.38 Å². The maximum absolute atomic E-state index is 13.4. The molecule has 1 aliphatic rings. The molecule has 5 rings (SSSR count). The molecule has 0 saturated carbocycles. The van der Waals surface area contributed by atoms with Gasteiger partial charge in [0.2, 0.25) is 5.95 Å². The summed E-state index contributed by atoms with van der Waals surface area (Å²) >= 11 is 7.69. The van der Waals surface area contributed by atoms with Crippen molar-refractivity contribution >= 4 is 57.4 Å². The van der Waals surface area contributed by atoms with Crippen LogP contribution >= 0.6 is 22.9 Å². The summed E-state index contributed by atoms with van der Waals surface area (Å²) < 4.78 is 15.9. The van der Waals surface area contributed by atoms with Crippen LogP contribution in [0.25, 0.3) is 16.8 Å². The molecular formula is C25H20ClN3O6S. The van der Waals surface area contributed by atoms with Crippen molar-refractivity contribution in [2.24, 2.45) is 0 Å². The van der Waals surface area contributed by atoms with Gasteiger partial charge < -0.3 is 24.3 Å². The molecule has 1 atom stereocenters. The zero-order chi connectivity index (χ0) is 25.6. The molecule has 1 unspecified atom stereocenters. The molecular weight excluding hydrogens is 506 g/mol. The molecule has 4 aromatic rings. The van der Waals surface area contributed by atoms with E-state index in [4.69, 9.17) is 25.8 Å². The Balaban J connectivity index is 1.71. The third-order valence-corrected chi connectivity index (χ3v) is 7.14. The number of ether oxygens (including phenoxy) is 3. The van der Waals surface area contributed by atoms with E-state index >= 15 is 0 Å². The zero-order valence-electron chi connectivity index (χ0n) is 19.4. The number of benzene rings is 2. The first-order valence-electron chi connectivity index (χ1n) is 10.7. The molecule has 9 nitrogen and oxygen atoms in total. The van der Waals surface area contributed by atoms with Crippen LogP contribution < -0.4 is 19.1 Å². The van der Waals surface area contributed by atoms with Crippen molar-refractivity contribution < 1.29 is 28.9 Å². The zero-order valence-corrected chi connectivity index (χ0v) is 20.9. The van der Waals surface area contributed by atoms with Crippen molar-refractivity contribution in [3.05, 3.63) is 68.9 Å². The number of thiophene rings is 1. The Morgan fingerprint density at radius 2 is 1.83 bits per heavy atom. The number of ketones is 1. The number of methoxy groups -OCH3 is 3. The summed E-state index contributed by atoms with van der Waals surface area (Å²) in [4.78, 5) is 36.2. The van der Waals surface area contributed by atoms with Crippen molar-refractivity contribution in [2.75, 3.05) is 26.2 Å². The maximum atomic E-state index is 13.4. The number of nitrogens with one attached hydrogen (secondary N) is 1. The maximum Gasteiger partial charge on any atom is 0.302 e. The number of H-pyrrole nitrogens is 1. The SMILES string of the molecule is COc1ccc(Cl)c(/C(O)=C2\C(=O)C(=O)N(c3nc4cc(OC)c(OC)cc4[nH]3)C2c2cccs2)c1. The lowest BCUT2D eigenvalue weighted by Gasteiger charge is -2.21. The number of fused-ring (bicyclic) bond motifs is 1. The molecule has 0 bridgehead atoms. The molecule has 184 valence electrons. The molecule has 36 heavy (non-hydrogen) atoms. The van der Waals surface area contributed by atoms with Crippen LogP contribution in [0, 0.1) is 0 Å². The Morgan fingerprint density at radius 1 is 1.08 bits per heavy atom. The fraction of sp³-hybridized carbons (Fsp3) is 0.160. The molecule has 1 saturated heterocycles. The van der Waals surface area contributed by atoms with Gasteiger partial charge in [0.05, 0.1) is 43.0 Å². The van der Waals surface area contributed by atoms with Crippen LogP contribution in [0.3, 0.4) is 0 Å². The largest absolute Gasteiger partial charge is 0.507 e. The van der Waals surface area contributed by atoms with Gasteiger partial charge in [-0.15, -0.1) is 11.3 Å². The lowest BCUT2D eigenvalue weighted by Crippen LogP contribution is -2.30. The van der Waals surface area contributed by atoms with Crippen LogP contribution in [-0.4, -0.2) is 48.1 Å². The molecule has 1 fully saturated rings. The number of hydrogen-bond acceptors (Lipinski definition) is 8. The van der Waals surface area contributed by atoms with Crippen LogP contribution in [-0.2, 0) is 9.59 Å². The normalized spacial score (nSPS) is 17.1. The summed E-state index contributed by atoms with van der Waals surface area (Å²) in [5.41, 5.74) is 1.15. The Hall–Kier alpha value is -4.02. The smallest absolute Gasteiger partial charge is 0.302 e. The summed E-state index contributed by atoms with van der Waals surface area (Å²) in [7, 11) is 4.50. The Kier molecular flexibility index (Phi) is 6.07. The van der Waals surface area contributed by atoms with E-state index in [1.54, 1.807) is 36.4 Å². The Bertz CT molecular complexity index is 1490. The number of aliphatic hydroxyl groups is 1. The number of rotatable bonds is 6. The lowest BCUT2D eigenvalue weighted by molar-refractivity contribution is -0.132. The van der Waals surface area contributed by atoms with Crippen molar-refractivity contribution in [2.45, 2.75) is 6.04 Å². The van der Waals surface area contributed by atoms with Gasteiger partial charge >= 0.3 is 5.91 Å². The van der Waals surface area contributed by atoms with E-state index in [9.17, 15) is 14.7 Å². The van der Waals surface area contributed by atoms with Gasteiger partial charge in [0.25, 0.3) is 5.78 Å². The molecule has 0 spiro atoms. The van der Waals surface area contributed by atoms with E-state index in [1.165, 1.54) is 43.6 Å². The number of aliphatic hydroxyl groups excluding tert-OH is 1. The summed E-state index contributed by atoms with van der Waals surface area (Å²) in [6.07, 6.45) is 0. The standard InChI is InChI=1S/C25H20ClN3O6S/c1-33-12-6-7-14(26)13(9-12)22(30)20-21(19-5-4-8-36-19)29(24(32)23(20)31)25-27-15-10-17(34-2)18(35-3)11-16(15)28-25/h4-11,21,30H,1-3H3,(H,27,28)/b22-20+. The second-order valence-corrected chi connectivity index (χ2v) is 9.20. The second kappa shape index (κ2) is 9.21. The summed E-state index contributed by atoms with van der Waals surface area (Å²) in [5, 5.41) is 13.3.